The number of carboxylic acids is 1. The number of sulfonamides is 1. The summed E-state index contributed by atoms with van der Waals surface area (Å²) in [5, 5.41) is 28.4. The maximum atomic E-state index is 13.6. The number of aliphatic hydroxyl groups excluding tert-OH is 2. The Kier molecular flexibility index (Phi) is 9.64. The number of carbonyl (C=O) groups is 1. The summed E-state index contributed by atoms with van der Waals surface area (Å²) in [5.41, 5.74) is 2.23. The Bertz CT molecular complexity index is 1330. The molecule has 0 saturated heterocycles. The first-order valence-electron chi connectivity index (χ1n) is 12.4. The Morgan fingerprint density at radius 3 is 2.24 bits per heavy atom. The van der Waals surface area contributed by atoms with Crippen LogP contribution in [0, 0.1) is 5.82 Å². The van der Waals surface area contributed by atoms with Crippen molar-refractivity contribution in [2.24, 2.45) is 0 Å². The van der Waals surface area contributed by atoms with Crippen molar-refractivity contribution in [3.8, 4) is 11.3 Å². The largest absolute Gasteiger partial charge is 0.481 e. The fourth-order valence-corrected chi connectivity index (χ4v) is 5.40. The average Bonchev–Trinajstić information content (AvgIpc) is 3.20. The molecule has 3 unspecified atom stereocenters. The number of rotatable bonds is 13. The molecule has 11 heteroatoms. The molecular formula is C27H34FN3O6S. The van der Waals surface area contributed by atoms with Gasteiger partial charge in [0, 0.05) is 17.3 Å². The summed E-state index contributed by atoms with van der Waals surface area (Å²) in [6, 6.07) is 14.2. The lowest BCUT2D eigenvalue weighted by Crippen LogP contribution is -2.23. The molecule has 9 nitrogen and oxygen atoms in total. The molecule has 38 heavy (non-hydrogen) atoms. The number of hydrogen-bond acceptors (Lipinski definition) is 6. The van der Waals surface area contributed by atoms with E-state index in [9.17, 15) is 27.8 Å². The molecule has 0 aliphatic rings. The van der Waals surface area contributed by atoms with Gasteiger partial charge in [0.05, 0.1) is 24.3 Å². The number of anilines is 1. The molecule has 0 saturated carbocycles. The van der Waals surface area contributed by atoms with Crippen LogP contribution in [0.4, 0.5) is 10.3 Å². The number of benzene rings is 2. The Morgan fingerprint density at radius 1 is 1.03 bits per heavy atom. The molecule has 3 rings (SSSR count). The molecule has 0 radical (unpaired) electrons. The van der Waals surface area contributed by atoms with E-state index in [0.29, 0.717) is 22.5 Å². The van der Waals surface area contributed by atoms with Crippen LogP contribution in [0.2, 0.25) is 0 Å². The summed E-state index contributed by atoms with van der Waals surface area (Å²) in [7, 11) is -3.90. The highest BCUT2D eigenvalue weighted by Crippen LogP contribution is 2.33. The van der Waals surface area contributed by atoms with Crippen molar-refractivity contribution in [2.45, 2.75) is 70.0 Å². The monoisotopic (exact) mass is 547 g/mol. The fourth-order valence-electron chi connectivity index (χ4n) is 4.31. The summed E-state index contributed by atoms with van der Waals surface area (Å²) in [6.45, 7) is 5.32. The quantitative estimate of drug-likeness (QED) is 0.250. The average molecular weight is 548 g/mol. The first-order chi connectivity index (χ1) is 17.9. The number of aliphatic carboxylic acids is 1. The molecule has 206 valence electrons. The topological polar surface area (TPSA) is 142 Å². The van der Waals surface area contributed by atoms with E-state index >= 15 is 0 Å². The highest BCUT2D eigenvalue weighted by molar-refractivity contribution is 7.92. The highest BCUT2D eigenvalue weighted by atomic mass is 32.2. The van der Waals surface area contributed by atoms with Gasteiger partial charge >= 0.3 is 5.97 Å². The zero-order valence-corrected chi connectivity index (χ0v) is 22.4. The number of nitrogens with one attached hydrogen (secondary N) is 1. The second-order valence-corrected chi connectivity index (χ2v) is 11.6. The molecular weight excluding hydrogens is 513 g/mol. The fraction of sp³-hybridized carbons (Fsp3) is 0.407. The first-order valence-corrected chi connectivity index (χ1v) is 13.9. The lowest BCUT2D eigenvalue weighted by molar-refractivity contribution is -0.139. The lowest BCUT2D eigenvalue weighted by Gasteiger charge is -2.20. The predicted octanol–water partition coefficient (Wildman–Crippen LogP) is 4.29. The summed E-state index contributed by atoms with van der Waals surface area (Å²) < 4.78 is 44.6. The van der Waals surface area contributed by atoms with E-state index in [1.165, 1.54) is 12.1 Å². The molecule has 4 N–H and O–H groups in total. The van der Waals surface area contributed by atoms with Crippen LogP contribution in [-0.2, 0) is 21.2 Å². The molecule has 1 heterocycles. The third-order valence-corrected chi connectivity index (χ3v) is 7.95. The van der Waals surface area contributed by atoms with Crippen molar-refractivity contribution in [3.63, 3.8) is 0 Å². The van der Waals surface area contributed by atoms with Crippen molar-refractivity contribution in [3.05, 3.63) is 71.7 Å². The zero-order chi connectivity index (χ0) is 28.0. The molecule has 0 bridgehead atoms. The van der Waals surface area contributed by atoms with Crippen LogP contribution in [-0.4, -0.2) is 51.5 Å². The van der Waals surface area contributed by atoms with Crippen molar-refractivity contribution in [2.75, 3.05) is 4.72 Å². The maximum absolute atomic E-state index is 13.6. The van der Waals surface area contributed by atoms with E-state index in [1.807, 2.05) is 13.8 Å². The third kappa shape index (κ3) is 7.40. The molecule has 0 fully saturated rings. The van der Waals surface area contributed by atoms with Gasteiger partial charge in [0.15, 0.2) is 0 Å². The normalized spacial score (nSPS) is 14.3. The van der Waals surface area contributed by atoms with Crippen LogP contribution in [0.3, 0.4) is 0 Å². The summed E-state index contributed by atoms with van der Waals surface area (Å²) in [5.74, 6) is -1.50. The minimum Gasteiger partial charge on any atom is -0.481 e. The molecule has 0 spiro atoms. The van der Waals surface area contributed by atoms with E-state index < -0.39 is 45.7 Å². The zero-order valence-electron chi connectivity index (χ0n) is 21.6. The second kappa shape index (κ2) is 12.5. The maximum Gasteiger partial charge on any atom is 0.305 e. The van der Waals surface area contributed by atoms with Gasteiger partial charge in [0.25, 0.3) is 0 Å². The third-order valence-electron chi connectivity index (χ3n) is 6.28. The Balaban J connectivity index is 1.98. The molecule has 0 aliphatic carbocycles. The van der Waals surface area contributed by atoms with Crippen LogP contribution in [0.15, 0.2) is 54.6 Å². The van der Waals surface area contributed by atoms with Crippen LogP contribution < -0.4 is 4.72 Å². The summed E-state index contributed by atoms with van der Waals surface area (Å²) in [6.07, 6.45) is -2.39. The van der Waals surface area contributed by atoms with Crippen LogP contribution >= 0.6 is 0 Å². The predicted molar refractivity (Wildman–Crippen MR) is 143 cm³/mol. The number of aliphatic hydroxyl groups is 2. The molecule has 0 aliphatic heterocycles. The van der Waals surface area contributed by atoms with Crippen LogP contribution in [0.1, 0.15) is 62.6 Å². The Morgan fingerprint density at radius 2 is 1.66 bits per heavy atom. The van der Waals surface area contributed by atoms with Crippen LogP contribution in [0.25, 0.3) is 11.3 Å². The minimum atomic E-state index is -3.90. The van der Waals surface area contributed by atoms with Gasteiger partial charge < -0.3 is 19.9 Å². The van der Waals surface area contributed by atoms with Gasteiger partial charge in [-0.1, -0.05) is 30.3 Å². The number of halogens is 1. The number of hydrogen-bond donors (Lipinski definition) is 4. The smallest absolute Gasteiger partial charge is 0.305 e. The SMILES string of the molecule is CC(C)n1c(NS(=O)(=O)C(C)c2ccccc2)nc(-c2ccc(F)cc2)c1CCC(O)CC(O)CC(=O)O. The standard InChI is InChI=1S/C27H34FN3O6S/c1-17(2)31-24(14-13-22(32)15-23(33)16-25(34)35)26(20-9-11-21(28)12-10-20)29-27(31)30-38(36,37)18(3)19-7-5-4-6-8-19/h4-12,17-18,22-23,32-33H,13-16H2,1-3H3,(H,29,30)(H,34,35). The number of carboxylic acid groups (broad SMARTS) is 1. The van der Waals surface area contributed by atoms with Crippen molar-refractivity contribution in [1.82, 2.24) is 9.55 Å². The van der Waals surface area contributed by atoms with E-state index in [0.717, 1.165) is 0 Å². The van der Waals surface area contributed by atoms with Gasteiger partial charge in [-0.15, -0.1) is 0 Å². The molecule has 1 aromatic heterocycles. The second-order valence-electron chi connectivity index (χ2n) is 9.58. The minimum absolute atomic E-state index is 0.0949. The van der Waals surface area contributed by atoms with E-state index in [-0.39, 0.29) is 31.3 Å². The summed E-state index contributed by atoms with van der Waals surface area (Å²) >= 11 is 0. The molecule has 3 atom stereocenters. The van der Waals surface area contributed by atoms with Gasteiger partial charge in [-0.25, -0.2) is 17.8 Å². The summed E-state index contributed by atoms with van der Waals surface area (Å²) in [4.78, 5) is 15.4. The van der Waals surface area contributed by atoms with Crippen molar-refractivity contribution >= 4 is 21.9 Å². The van der Waals surface area contributed by atoms with E-state index in [4.69, 9.17) is 5.11 Å². The van der Waals surface area contributed by atoms with E-state index in [2.05, 4.69) is 9.71 Å². The van der Waals surface area contributed by atoms with Crippen molar-refractivity contribution < 1.29 is 32.9 Å². The van der Waals surface area contributed by atoms with E-state index in [1.54, 1.807) is 54.0 Å². The Labute approximate surface area is 222 Å². The van der Waals surface area contributed by atoms with Gasteiger partial charge in [0.2, 0.25) is 16.0 Å². The highest BCUT2D eigenvalue weighted by Gasteiger charge is 2.28. The van der Waals surface area contributed by atoms with Gasteiger partial charge in [0.1, 0.15) is 11.1 Å². The van der Waals surface area contributed by atoms with Crippen molar-refractivity contribution in [1.29, 1.82) is 0 Å². The number of imidazole rings is 1. The lowest BCUT2D eigenvalue weighted by atomic mass is 10.0. The number of nitrogens with zero attached hydrogens (tertiary/aromatic N) is 2. The molecule has 0 amide bonds. The molecule has 3 aromatic rings. The Hall–Kier alpha value is -3.28. The number of aromatic nitrogens is 2. The van der Waals surface area contributed by atoms with Crippen LogP contribution in [0.5, 0.6) is 0 Å². The van der Waals surface area contributed by atoms with Gasteiger partial charge in [-0.2, -0.15) is 0 Å². The first kappa shape index (κ1) is 29.3. The van der Waals surface area contributed by atoms with Gasteiger partial charge in [-0.3, -0.25) is 9.52 Å². The van der Waals surface area contributed by atoms with Gasteiger partial charge in [-0.05, 0) is 69.9 Å². The molecule has 2 aromatic carbocycles.